The summed E-state index contributed by atoms with van der Waals surface area (Å²) in [4.78, 5) is 27.3. The van der Waals surface area contributed by atoms with Crippen LogP contribution in [0.4, 0.5) is 5.69 Å². The van der Waals surface area contributed by atoms with Gasteiger partial charge in [-0.3, -0.25) is 14.5 Å². The lowest BCUT2D eigenvalue weighted by Gasteiger charge is -2.25. The topological polar surface area (TPSA) is 77.8 Å². The molecule has 0 bridgehead atoms. The van der Waals surface area contributed by atoms with Crippen LogP contribution >= 0.6 is 11.6 Å². The van der Waals surface area contributed by atoms with Crippen molar-refractivity contribution in [3.8, 4) is 5.75 Å². The molecule has 1 heterocycles. The Hall–Kier alpha value is -3.57. The minimum absolute atomic E-state index is 0.00973. The zero-order chi connectivity index (χ0) is 21.4. The monoisotopic (exact) mass is 419 g/mol. The van der Waals surface area contributed by atoms with Gasteiger partial charge in [0.2, 0.25) is 0 Å². The number of anilines is 1. The molecule has 1 fully saturated rings. The maximum absolute atomic E-state index is 13.0. The number of aromatic hydroxyl groups is 1. The second-order valence-corrected chi connectivity index (χ2v) is 7.54. The van der Waals surface area contributed by atoms with Crippen molar-refractivity contribution >= 4 is 34.7 Å². The van der Waals surface area contributed by atoms with Gasteiger partial charge in [-0.1, -0.05) is 53.6 Å². The Balaban J connectivity index is 1.93. The van der Waals surface area contributed by atoms with E-state index in [1.165, 1.54) is 17.0 Å². The number of aliphatic hydroxyl groups is 1. The molecule has 1 atom stereocenters. The Bertz CT molecular complexity index is 1150. The molecule has 0 spiro atoms. The zero-order valence-electron chi connectivity index (χ0n) is 16.0. The number of Topliss-reactive ketones (excluding diaryl/α,β-unsaturated/α-hetero) is 1. The highest BCUT2D eigenvalue weighted by atomic mass is 35.5. The normalized spacial score (nSPS) is 18.1. The number of phenols is 1. The largest absolute Gasteiger partial charge is 0.508 e. The van der Waals surface area contributed by atoms with Gasteiger partial charge in [0.15, 0.2) is 0 Å². The van der Waals surface area contributed by atoms with Crippen molar-refractivity contribution in [2.45, 2.75) is 13.0 Å². The molecule has 1 amide bonds. The van der Waals surface area contributed by atoms with Crippen LogP contribution in [0.15, 0.2) is 78.4 Å². The van der Waals surface area contributed by atoms with Gasteiger partial charge in [-0.15, -0.1) is 0 Å². The number of benzene rings is 3. The van der Waals surface area contributed by atoms with Crippen molar-refractivity contribution in [2.24, 2.45) is 0 Å². The third-order valence-electron chi connectivity index (χ3n) is 5.08. The summed E-state index contributed by atoms with van der Waals surface area (Å²) in [5.41, 5.74) is 2.49. The van der Waals surface area contributed by atoms with Crippen LogP contribution < -0.4 is 4.90 Å². The molecular formula is C24H18ClNO4. The first kappa shape index (κ1) is 19.7. The van der Waals surface area contributed by atoms with Crippen molar-refractivity contribution in [1.82, 2.24) is 0 Å². The fraction of sp³-hybridized carbons (Fsp3) is 0.0833. The Morgan fingerprint density at radius 2 is 1.50 bits per heavy atom. The molecule has 0 saturated carbocycles. The highest BCUT2D eigenvalue weighted by Gasteiger charge is 2.46. The van der Waals surface area contributed by atoms with E-state index in [0.29, 0.717) is 21.8 Å². The van der Waals surface area contributed by atoms with Crippen LogP contribution in [0, 0.1) is 6.92 Å². The second-order valence-electron chi connectivity index (χ2n) is 7.10. The van der Waals surface area contributed by atoms with E-state index in [1.807, 2.05) is 19.1 Å². The molecule has 5 nitrogen and oxygen atoms in total. The number of amides is 1. The van der Waals surface area contributed by atoms with E-state index >= 15 is 0 Å². The van der Waals surface area contributed by atoms with Crippen LogP contribution in [0.25, 0.3) is 5.76 Å². The predicted molar refractivity (Wildman–Crippen MR) is 116 cm³/mol. The number of phenolic OH excluding ortho intramolecular Hbond substituents is 1. The molecular weight excluding hydrogens is 402 g/mol. The van der Waals surface area contributed by atoms with E-state index in [0.717, 1.165) is 5.56 Å². The lowest BCUT2D eigenvalue weighted by atomic mass is 9.95. The number of aliphatic hydroxyl groups excluding tert-OH is 1. The van der Waals surface area contributed by atoms with E-state index in [1.54, 1.807) is 48.5 Å². The van der Waals surface area contributed by atoms with Gasteiger partial charge < -0.3 is 10.2 Å². The molecule has 3 aromatic rings. The standard InChI is InChI=1S/C24H18ClNO4/c1-14-2-4-16(5-3-14)22(28)20-21(15-6-12-19(27)13-7-15)26(24(30)23(20)29)18-10-8-17(25)9-11-18/h2-13,21,27-28H,1H3/b22-20+. The lowest BCUT2D eigenvalue weighted by Crippen LogP contribution is -2.29. The molecule has 0 radical (unpaired) electrons. The number of hydrogen-bond donors (Lipinski definition) is 2. The van der Waals surface area contributed by atoms with Crippen LogP contribution in [-0.2, 0) is 9.59 Å². The smallest absolute Gasteiger partial charge is 0.300 e. The molecule has 150 valence electrons. The SMILES string of the molecule is Cc1ccc(/C(O)=C2\C(=O)C(=O)N(c3ccc(Cl)cc3)C2c2ccc(O)cc2)cc1. The average Bonchev–Trinajstić information content (AvgIpc) is 3.00. The predicted octanol–water partition coefficient (Wildman–Crippen LogP) is 4.98. The van der Waals surface area contributed by atoms with Gasteiger partial charge in [-0.25, -0.2) is 0 Å². The summed E-state index contributed by atoms with van der Waals surface area (Å²) in [6, 6.07) is 18.9. The molecule has 1 aliphatic rings. The van der Waals surface area contributed by atoms with E-state index in [2.05, 4.69) is 0 Å². The summed E-state index contributed by atoms with van der Waals surface area (Å²) >= 11 is 5.98. The molecule has 6 heteroatoms. The van der Waals surface area contributed by atoms with Crippen LogP contribution in [0.3, 0.4) is 0 Å². The number of carbonyl (C=O) groups is 2. The molecule has 0 aliphatic carbocycles. The summed E-state index contributed by atoms with van der Waals surface area (Å²) in [5.74, 6) is -1.71. The summed E-state index contributed by atoms with van der Waals surface area (Å²) in [6.45, 7) is 1.92. The molecule has 0 aromatic heterocycles. The van der Waals surface area contributed by atoms with E-state index in [4.69, 9.17) is 11.6 Å². The molecule has 2 N–H and O–H groups in total. The van der Waals surface area contributed by atoms with Crippen LogP contribution in [0.2, 0.25) is 5.02 Å². The van der Waals surface area contributed by atoms with Gasteiger partial charge in [0.1, 0.15) is 11.5 Å². The zero-order valence-corrected chi connectivity index (χ0v) is 16.8. The summed E-state index contributed by atoms with van der Waals surface area (Å²) < 4.78 is 0. The van der Waals surface area contributed by atoms with Crippen LogP contribution in [0.1, 0.15) is 22.7 Å². The van der Waals surface area contributed by atoms with Gasteiger partial charge in [0.05, 0.1) is 11.6 Å². The van der Waals surface area contributed by atoms with Crippen molar-refractivity contribution in [1.29, 1.82) is 0 Å². The molecule has 1 saturated heterocycles. The first-order chi connectivity index (χ1) is 14.4. The minimum atomic E-state index is -0.854. The van der Waals surface area contributed by atoms with Crippen molar-refractivity contribution < 1.29 is 19.8 Å². The lowest BCUT2D eigenvalue weighted by molar-refractivity contribution is -0.132. The summed E-state index contributed by atoms with van der Waals surface area (Å²) in [7, 11) is 0. The van der Waals surface area contributed by atoms with Crippen LogP contribution in [-0.4, -0.2) is 21.9 Å². The number of aryl methyl sites for hydroxylation is 1. The first-order valence-corrected chi connectivity index (χ1v) is 9.67. The van der Waals surface area contributed by atoms with Crippen LogP contribution in [0.5, 0.6) is 5.75 Å². The number of rotatable bonds is 3. The molecule has 1 aliphatic heterocycles. The minimum Gasteiger partial charge on any atom is -0.508 e. The Labute approximate surface area is 178 Å². The van der Waals surface area contributed by atoms with Crippen molar-refractivity contribution in [3.05, 3.63) is 100 Å². The highest BCUT2D eigenvalue weighted by molar-refractivity contribution is 6.51. The fourth-order valence-corrected chi connectivity index (χ4v) is 3.67. The fourth-order valence-electron chi connectivity index (χ4n) is 3.54. The number of hydrogen-bond acceptors (Lipinski definition) is 4. The van der Waals surface area contributed by atoms with E-state index < -0.39 is 17.7 Å². The van der Waals surface area contributed by atoms with Gasteiger partial charge >= 0.3 is 0 Å². The number of ketones is 1. The van der Waals surface area contributed by atoms with Crippen molar-refractivity contribution in [2.75, 3.05) is 4.90 Å². The molecule has 1 unspecified atom stereocenters. The number of halogens is 1. The third-order valence-corrected chi connectivity index (χ3v) is 5.34. The molecule has 30 heavy (non-hydrogen) atoms. The van der Waals surface area contributed by atoms with Gasteiger partial charge in [-0.2, -0.15) is 0 Å². The second kappa shape index (κ2) is 7.69. The third kappa shape index (κ3) is 3.44. The van der Waals surface area contributed by atoms with E-state index in [-0.39, 0.29) is 17.1 Å². The average molecular weight is 420 g/mol. The first-order valence-electron chi connectivity index (χ1n) is 9.29. The van der Waals surface area contributed by atoms with Crippen molar-refractivity contribution in [3.63, 3.8) is 0 Å². The molecule has 4 rings (SSSR count). The van der Waals surface area contributed by atoms with Gasteiger partial charge in [0, 0.05) is 16.3 Å². The van der Waals surface area contributed by atoms with Gasteiger partial charge in [-0.05, 0) is 48.9 Å². The Morgan fingerprint density at radius 1 is 0.900 bits per heavy atom. The quantitative estimate of drug-likeness (QED) is 0.356. The maximum atomic E-state index is 13.0. The summed E-state index contributed by atoms with van der Waals surface area (Å²) in [6.07, 6.45) is 0. The van der Waals surface area contributed by atoms with E-state index in [9.17, 15) is 19.8 Å². The van der Waals surface area contributed by atoms with Gasteiger partial charge in [0.25, 0.3) is 11.7 Å². The number of nitrogens with zero attached hydrogens (tertiary/aromatic N) is 1. The Kier molecular flexibility index (Phi) is 5.06. The highest BCUT2D eigenvalue weighted by Crippen LogP contribution is 2.42. The summed E-state index contributed by atoms with van der Waals surface area (Å²) in [5, 5.41) is 21.2. The number of carbonyl (C=O) groups excluding carboxylic acids is 2. The Morgan fingerprint density at radius 3 is 2.10 bits per heavy atom. The maximum Gasteiger partial charge on any atom is 0.300 e. The molecule has 3 aromatic carbocycles.